The number of carbonyl (C=O) groups is 4. The summed E-state index contributed by atoms with van der Waals surface area (Å²) in [5, 5.41) is 0. The summed E-state index contributed by atoms with van der Waals surface area (Å²) in [5.41, 5.74) is 5.15. The van der Waals surface area contributed by atoms with Crippen LogP contribution in [0.25, 0.3) is 0 Å². The molecule has 3 N–H and O–H groups in total. The SMILES string of the molecule is O=C(CN1C(=O)c2ccccc2C1=O)NNC(=O)c1ccc[nH]1. The van der Waals surface area contributed by atoms with Crippen LogP contribution in [0.4, 0.5) is 0 Å². The first-order valence-corrected chi connectivity index (χ1v) is 6.75. The van der Waals surface area contributed by atoms with Gasteiger partial charge in [0.2, 0.25) is 0 Å². The van der Waals surface area contributed by atoms with Gasteiger partial charge in [0.1, 0.15) is 12.2 Å². The lowest BCUT2D eigenvalue weighted by Gasteiger charge is -2.13. The van der Waals surface area contributed by atoms with Crippen LogP contribution in [0.3, 0.4) is 0 Å². The summed E-state index contributed by atoms with van der Waals surface area (Å²) in [5.74, 6) is -2.28. The number of H-pyrrole nitrogens is 1. The van der Waals surface area contributed by atoms with Gasteiger partial charge in [-0.15, -0.1) is 0 Å². The standard InChI is InChI=1S/C15H12N4O4/c20-12(17-18-13(21)11-6-3-7-16-11)8-19-14(22)9-4-1-2-5-10(9)15(19)23/h1-7,16H,8H2,(H,17,20)(H,18,21). The number of carbonyl (C=O) groups excluding carboxylic acids is 4. The number of hydrazine groups is 1. The molecule has 1 aliphatic rings. The molecule has 1 aliphatic heterocycles. The maximum absolute atomic E-state index is 12.1. The lowest BCUT2D eigenvalue weighted by atomic mass is 10.1. The lowest BCUT2D eigenvalue weighted by molar-refractivity contribution is -0.122. The van der Waals surface area contributed by atoms with Gasteiger partial charge in [-0.3, -0.25) is 34.9 Å². The van der Waals surface area contributed by atoms with Crippen LogP contribution in [-0.2, 0) is 4.79 Å². The fourth-order valence-corrected chi connectivity index (χ4v) is 2.23. The molecule has 0 spiro atoms. The van der Waals surface area contributed by atoms with Crippen molar-refractivity contribution in [1.82, 2.24) is 20.7 Å². The average molecular weight is 312 g/mol. The smallest absolute Gasteiger partial charge is 0.286 e. The Morgan fingerprint density at radius 2 is 1.61 bits per heavy atom. The normalized spacial score (nSPS) is 13.0. The number of fused-ring (bicyclic) bond motifs is 1. The summed E-state index contributed by atoms with van der Waals surface area (Å²) in [6.07, 6.45) is 1.57. The number of benzene rings is 1. The van der Waals surface area contributed by atoms with Crippen molar-refractivity contribution < 1.29 is 19.2 Å². The van der Waals surface area contributed by atoms with Crippen molar-refractivity contribution in [2.75, 3.05) is 6.54 Å². The molecule has 1 aromatic carbocycles. The largest absolute Gasteiger partial charge is 0.357 e. The number of imide groups is 1. The number of rotatable bonds is 3. The van der Waals surface area contributed by atoms with E-state index >= 15 is 0 Å². The van der Waals surface area contributed by atoms with E-state index in [1.807, 2.05) is 0 Å². The van der Waals surface area contributed by atoms with Crippen molar-refractivity contribution >= 4 is 23.6 Å². The van der Waals surface area contributed by atoms with E-state index < -0.39 is 30.2 Å². The Morgan fingerprint density at radius 3 is 2.17 bits per heavy atom. The van der Waals surface area contributed by atoms with Crippen molar-refractivity contribution in [2.45, 2.75) is 0 Å². The quantitative estimate of drug-likeness (QED) is 0.550. The van der Waals surface area contributed by atoms with Gasteiger partial charge >= 0.3 is 0 Å². The monoisotopic (exact) mass is 312 g/mol. The van der Waals surface area contributed by atoms with Crippen molar-refractivity contribution in [2.24, 2.45) is 0 Å². The molecule has 0 atom stereocenters. The molecule has 2 aromatic rings. The molecule has 116 valence electrons. The molecule has 0 unspecified atom stereocenters. The minimum Gasteiger partial charge on any atom is -0.357 e. The Bertz CT molecular complexity index is 763. The maximum Gasteiger partial charge on any atom is 0.286 e. The van der Waals surface area contributed by atoms with E-state index in [1.165, 1.54) is 18.2 Å². The van der Waals surface area contributed by atoms with Crippen LogP contribution in [0.1, 0.15) is 31.2 Å². The number of hydrogen-bond donors (Lipinski definition) is 3. The summed E-state index contributed by atoms with van der Waals surface area (Å²) in [7, 11) is 0. The summed E-state index contributed by atoms with van der Waals surface area (Å²) in [6.45, 7) is -0.475. The average Bonchev–Trinajstić information content (AvgIpc) is 3.17. The van der Waals surface area contributed by atoms with E-state index in [1.54, 1.807) is 24.4 Å². The van der Waals surface area contributed by atoms with Crippen LogP contribution in [0.2, 0.25) is 0 Å². The van der Waals surface area contributed by atoms with E-state index in [0.717, 1.165) is 4.90 Å². The fraction of sp³-hybridized carbons (Fsp3) is 0.0667. The minimum absolute atomic E-state index is 0.265. The van der Waals surface area contributed by atoms with Gasteiger partial charge in [0.25, 0.3) is 23.6 Å². The Balaban J connectivity index is 1.60. The van der Waals surface area contributed by atoms with Crippen LogP contribution < -0.4 is 10.9 Å². The van der Waals surface area contributed by atoms with Gasteiger partial charge in [-0.2, -0.15) is 0 Å². The van der Waals surface area contributed by atoms with Gasteiger partial charge in [-0.25, -0.2) is 0 Å². The van der Waals surface area contributed by atoms with Gasteiger partial charge in [0, 0.05) is 6.20 Å². The molecule has 2 heterocycles. The minimum atomic E-state index is -0.681. The second kappa shape index (κ2) is 5.76. The second-order valence-electron chi connectivity index (χ2n) is 4.83. The van der Waals surface area contributed by atoms with E-state index in [9.17, 15) is 19.2 Å². The Hall–Kier alpha value is -3.42. The molecule has 0 bridgehead atoms. The number of nitrogens with zero attached hydrogens (tertiary/aromatic N) is 1. The van der Waals surface area contributed by atoms with Crippen LogP contribution in [0.5, 0.6) is 0 Å². The van der Waals surface area contributed by atoms with E-state index in [2.05, 4.69) is 15.8 Å². The molecule has 0 fully saturated rings. The molecule has 0 saturated heterocycles. The molecule has 8 heteroatoms. The third kappa shape index (κ3) is 2.69. The molecular formula is C15H12N4O4. The Morgan fingerprint density at radius 1 is 0.957 bits per heavy atom. The third-order valence-electron chi connectivity index (χ3n) is 3.34. The first kappa shape index (κ1) is 14.5. The second-order valence-corrected chi connectivity index (χ2v) is 4.83. The molecular weight excluding hydrogens is 300 g/mol. The molecule has 0 aliphatic carbocycles. The molecule has 0 saturated carbocycles. The summed E-state index contributed by atoms with van der Waals surface area (Å²) < 4.78 is 0. The molecule has 23 heavy (non-hydrogen) atoms. The number of aromatic nitrogens is 1. The topological polar surface area (TPSA) is 111 Å². The van der Waals surface area contributed by atoms with Crippen LogP contribution in [0, 0.1) is 0 Å². The molecule has 4 amide bonds. The van der Waals surface area contributed by atoms with E-state index in [-0.39, 0.29) is 16.8 Å². The Kier molecular flexibility index (Phi) is 3.63. The molecule has 1 aromatic heterocycles. The molecule has 8 nitrogen and oxygen atoms in total. The van der Waals surface area contributed by atoms with Crippen molar-refractivity contribution in [3.05, 3.63) is 59.4 Å². The number of hydrogen-bond acceptors (Lipinski definition) is 4. The van der Waals surface area contributed by atoms with Crippen LogP contribution in [-0.4, -0.2) is 40.1 Å². The predicted octanol–water partition coefficient (Wildman–Crippen LogP) is 0.0719. The van der Waals surface area contributed by atoms with Gasteiger partial charge in [0.05, 0.1) is 11.1 Å². The summed E-state index contributed by atoms with van der Waals surface area (Å²) in [6, 6.07) is 9.51. The van der Waals surface area contributed by atoms with Crippen LogP contribution in [0.15, 0.2) is 42.6 Å². The first-order chi connectivity index (χ1) is 11.1. The zero-order valence-corrected chi connectivity index (χ0v) is 11.8. The van der Waals surface area contributed by atoms with Crippen molar-refractivity contribution in [3.63, 3.8) is 0 Å². The Labute approximate surface area is 130 Å². The highest BCUT2D eigenvalue weighted by atomic mass is 16.2. The van der Waals surface area contributed by atoms with Gasteiger partial charge < -0.3 is 4.98 Å². The number of nitrogens with one attached hydrogen (secondary N) is 3. The highest BCUT2D eigenvalue weighted by Gasteiger charge is 2.36. The lowest BCUT2D eigenvalue weighted by Crippen LogP contribution is -2.47. The van der Waals surface area contributed by atoms with Gasteiger partial charge in [-0.1, -0.05) is 12.1 Å². The van der Waals surface area contributed by atoms with Gasteiger partial charge in [-0.05, 0) is 24.3 Å². The number of amides is 4. The first-order valence-electron chi connectivity index (χ1n) is 6.75. The van der Waals surface area contributed by atoms with E-state index in [4.69, 9.17) is 0 Å². The highest BCUT2D eigenvalue weighted by molar-refractivity contribution is 6.22. The maximum atomic E-state index is 12.1. The zero-order valence-electron chi connectivity index (χ0n) is 11.8. The summed E-state index contributed by atoms with van der Waals surface area (Å²) >= 11 is 0. The third-order valence-corrected chi connectivity index (χ3v) is 3.34. The molecule has 0 radical (unpaired) electrons. The van der Waals surface area contributed by atoms with E-state index in [0.29, 0.717) is 0 Å². The van der Waals surface area contributed by atoms with Crippen molar-refractivity contribution in [1.29, 1.82) is 0 Å². The van der Waals surface area contributed by atoms with Crippen molar-refractivity contribution in [3.8, 4) is 0 Å². The zero-order chi connectivity index (χ0) is 16.4. The fourth-order valence-electron chi connectivity index (χ4n) is 2.23. The number of aromatic amines is 1. The highest BCUT2D eigenvalue weighted by Crippen LogP contribution is 2.21. The van der Waals surface area contributed by atoms with Crippen LogP contribution >= 0.6 is 0 Å². The predicted molar refractivity (Wildman–Crippen MR) is 78.2 cm³/mol. The summed E-state index contributed by atoms with van der Waals surface area (Å²) in [4.78, 5) is 51.2. The van der Waals surface area contributed by atoms with Gasteiger partial charge in [0.15, 0.2) is 0 Å². The molecule has 3 rings (SSSR count).